The van der Waals surface area contributed by atoms with Crippen molar-refractivity contribution < 1.29 is 14.3 Å². The largest absolute Gasteiger partial charge is 0.454 e. The summed E-state index contributed by atoms with van der Waals surface area (Å²) in [6.45, 7) is 3.01. The van der Waals surface area contributed by atoms with E-state index in [0.717, 1.165) is 13.0 Å². The minimum Gasteiger partial charge on any atom is -0.454 e. The van der Waals surface area contributed by atoms with Gasteiger partial charge in [-0.15, -0.1) is 0 Å². The van der Waals surface area contributed by atoms with Crippen molar-refractivity contribution in [3.8, 4) is 11.5 Å². The van der Waals surface area contributed by atoms with Gasteiger partial charge < -0.3 is 25.1 Å². The van der Waals surface area contributed by atoms with Crippen molar-refractivity contribution in [2.45, 2.75) is 19.9 Å². The van der Waals surface area contributed by atoms with E-state index in [2.05, 4.69) is 12.2 Å². The molecule has 6 heteroatoms. The highest BCUT2D eigenvalue weighted by atomic mass is 16.7. The summed E-state index contributed by atoms with van der Waals surface area (Å²) < 4.78 is 12.4. The van der Waals surface area contributed by atoms with Crippen molar-refractivity contribution in [2.24, 2.45) is 0 Å². The van der Waals surface area contributed by atoms with E-state index in [0.29, 0.717) is 28.6 Å². The lowest BCUT2D eigenvalue weighted by Crippen LogP contribution is -2.16. The van der Waals surface area contributed by atoms with Crippen molar-refractivity contribution in [3.05, 3.63) is 36.2 Å². The number of nitrogen functional groups attached to an aromatic ring is 1. The third-order valence-corrected chi connectivity index (χ3v) is 3.25. The van der Waals surface area contributed by atoms with Crippen molar-refractivity contribution >= 4 is 17.3 Å². The van der Waals surface area contributed by atoms with Crippen LogP contribution >= 0.6 is 0 Å². The Morgan fingerprint density at radius 2 is 2.14 bits per heavy atom. The van der Waals surface area contributed by atoms with Crippen molar-refractivity contribution in [3.63, 3.8) is 0 Å². The highest BCUT2D eigenvalue weighted by Gasteiger charge is 2.16. The summed E-state index contributed by atoms with van der Waals surface area (Å²) in [6, 6.07) is 6.98. The molecule has 6 nitrogen and oxygen atoms in total. The second-order valence-electron chi connectivity index (χ2n) is 4.87. The molecule has 1 aliphatic rings. The smallest absolute Gasteiger partial charge is 0.272 e. The predicted octanol–water partition coefficient (Wildman–Crippen LogP) is 2.46. The monoisotopic (exact) mass is 287 g/mol. The second-order valence-corrected chi connectivity index (χ2v) is 4.87. The molecule has 1 aromatic carbocycles. The van der Waals surface area contributed by atoms with Crippen molar-refractivity contribution in [1.29, 1.82) is 0 Å². The number of hydrogen-bond acceptors (Lipinski definition) is 4. The Labute approximate surface area is 122 Å². The molecule has 2 aromatic rings. The molecule has 0 bridgehead atoms. The van der Waals surface area contributed by atoms with E-state index in [1.165, 1.54) is 0 Å². The highest BCUT2D eigenvalue weighted by Crippen LogP contribution is 2.34. The van der Waals surface area contributed by atoms with Gasteiger partial charge in [0.1, 0.15) is 5.69 Å². The second kappa shape index (κ2) is 5.40. The van der Waals surface area contributed by atoms with Gasteiger partial charge in [0.2, 0.25) is 6.79 Å². The molecule has 2 heterocycles. The number of benzene rings is 1. The number of carbonyl (C=O) groups excluding carboxylic acids is 1. The fourth-order valence-electron chi connectivity index (χ4n) is 2.32. The van der Waals surface area contributed by atoms with Crippen LogP contribution in [0.25, 0.3) is 0 Å². The standard InChI is InChI=1S/C15H17N3O3/c1-2-5-18-8-10(16)6-12(18)15(19)17-11-3-4-13-14(7-11)21-9-20-13/h3-4,6-8H,2,5,9,16H2,1H3,(H,17,19). The van der Waals surface area contributed by atoms with Crippen LogP contribution in [0.2, 0.25) is 0 Å². The molecule has 3 N–H and O–H groups in total. The Morgan fingerprint density at radius 1 is 1.33 bits per heavy atom. The van der Waals surface area contributed by atoms with Crippen molar-refractivity contribution in [1.82, 2.24) is 4.57 Å². The highest BCUT2D eigenvalue weighted by molar-refractivity contribution is 6.04. The number of rotatable bonds is 4. The minimum absolute atomic E-state index is 0.195. The maximum atomic E-state index is 12.4. The molecule has 0 spiro atoms. The number of aryl methyl sites for hydroxylation is 1. The number of nitrogens with one attached hydrogen (secondary N) is 1. The van der Waals surface area contributed by atoms with Crippen LogP contribution in [-0.4, -0.2) is 17.3 Å². The summed E-state index contributed by atoms with van der Waals surface area (Å²) in [5, 5.41) is 2.85. The van der Waals surface area contributed by atoms with Crippen LogP contribution in [0.15, 0.2) is 30.5 Å². The fourth-order valence-corrected chi connectivity index (χ4v) is 2.32. The Balaban J connectivity index is 1.80. The van der Waals surface area contributed by atoms with E-state index in [-0.39, 0.29) is 12.7 Å². The number of nitrogens with two attached hydrogens (primary N) is 1. The summed E-state index contributed by atoms with van der Waals surface area (Å²) >= 11 is 0. The van der Waals surface area contributed by atoms with Gasteiger partial charge >= 0.3 is 0 Å². The summed E-state index contributed by atoms with van der Waals surface area (Å²) in [5.74, 6) is 1.13. The Morgan fingerprint density at radius 3 is 2.95 bits per heavy atom. The molecule has 0 saturated heterocycles. The van der Waals surface area contributed by atoms with Gasteiger partial charge in [-0.05, 0) is 24.6 Å². The third-order valence-electron chi connectivity index (χ3n) is 3.25. The molecule has 1 aromatic heterocycles. The molecular weight excluding hydrogens is 270 g/mol. The normalized spacial score (nSPS) is 12.4. The third kappa shape index (κ3) is 2.65. The Kier molecular flexibility index (Phi) is 3.43. The molecule has 3 rings (SSSR count). The average molecular weight is 287 g/mol. The summed E-state index contributed by atoms with van der Waals surface area (Å²) in [7, 11) is 0. The Hall–Kier alpha value is -2.63. The van der Waals surface area contributed by atoms with Crippen LogP contribution in [0.3, 0.4) is 0 Å². The van der Waals surface area contributed by atoms with E-state index in [1.54, 1.807) is 30.5 Å². The number of ether oxygens (including phenoxy) is 2. The topological polar surface area (TPSA) is 78.5 Å². The maximum Gasteiger partial charge on any atom is 0.272 e. The van der Waals surface area contributed by atoms with E-state index < -0.39 is 0 Å². The number of amides is 1. The molecular formula is C15H17N3O3. The number of aromatic nitrogens is 1. The lowest BCUT2D eigenvalue weighted by molar-refractivity contribution is 0.101. The van der Waals surface area contributed by atoms with Gasteiger partial charge in [0.15, 0.2) is 11.5 Å². The molecule has 110 valence electrons. The van der Waals surface area contributed by atoms with E-state index in [9.17, 15) is 4.79 Å². The molecule has 0 unspecified atom stereocenters. The van der Waals surface area contributed by atoms with Gasteiger partial charge in [-0.3, -0.25) is 4.79 Å². The van der Waals surface area contributed by atoms with Crippen LogP contribution in [0.1, 0.15) is 23.8 Å². The molecule has 0 fully saturated rings. The summed E-state index contributed by atoms with van der Waals surface area (Å²) in [4.78, 5) is 12.4. The van der Waals surface area contributed by atoms with Gasteiger partial charge in [0, 0.05) is 24.5 Å². The zero-order valence-corrected chi connectivity index (χ0v) is 11.8. The van der Waals surface area contributed by atoms with Crippen LogP contribution in [0, 0.1) is 0 Å². The van der Waals surface area contributed by atoms with E-state index in [4.69, 9.17) is 15.2 Å². The first-order valence-electron chi connectivity index (χ1n) is 6.84. The van der Waals surface area contributed by atoms with Gasteiger partial charge in [-0.25, -0.2) is 0 Å². The molecule has 1 amide bonds. The van der Waals surface area contributed by atoms with Crippen LogP contribution < -0.4 is 20.5 Å². The minimum atomic E-state index is -0.195. The van der Waals surface area contributed by atoms with E-state index in [1.807, 2.05) is 4.57 Å². The molecule has 0 saturated carbocycles. The number of fused-ring (bicyclic) bond motifs is 1. The van der Waals surface area contributed by atoms with Gasteiger partial charge in [-0.2, -0.15) is 0 Å². The van der Waals surface area contributed by atoms with Crippen molar-refractivity contribution in [2.75, 3.05) is 17.8 Å². The number of nitrogens with zero attached hydrogens (tertiary/aromatic N) is 1. The van der Waals surface area contributed by atoms with Crippen LogP contribution in [0.4, 0.5) is 11.4 Å². The van der Waals surface area contributed by atoms with Crippen LogP contribution in [0.5, 0.6) is 11.5 Å². The number of carbonyl (C=O) groups is 1. The SMILES string of the molecule is CCCn1cc(N)cc1C(=O)Nc1ccc2c(c1)OCO2. The van der Waals surface area contributed by atoms with Gasteiger partial charge in [0.05, 0.1) is 5.69 Å². The maximum absolute atomic E-state index is 12.4. The van der Waals surface area contributed by atoms with Gasteiger partial charge in [0.25, 0.3) is 5.91 Å². The molecule has 0 radical (unpaired) electrons. The van der Waals surface area contributed by atoms with Crippen LogP contribution in [-0.2, 0) is 6.54 Å². The summed E-state index contributed by atoms with van der Waals surface area (Å²) in [5.41, 5.74) is 7.57. The molecule has 0 aliphatic carbocycles. The fraction of sp³-hybridized carbons (Fsp3) is 0.267. The molecule has 1 aliphatic heterocycles. The number of anilines is 2. The first kappa shape index (κ1) is 13.4. The lowest BCUT2D eigenvalue weighted by atomic mass is 10.2. The quantitative estimate of drug-likeness (QED) is 0.905. The summed E-state index contributed by atoms with van der Waals surface area (Å²) in [6.07, 6.45) is 2.70. The first-order chi connectivity index (χ1) is 10.2. The molecule has 21 heavy (non-hydrogen) atoms. The predicted molar refractivity (Wildman–Crippen MR) is 79.7 cm³/mol. The average Bonchev–Trinajstić information content (AvgIpc) is 3.05. The Bertz CT molecular complexity index is 679. The molecule has 0 atom stereocenters. The zero-order valence-electron chi connectivity index (χ0n) is 11.8. The number of hydrogen-bond donors (Lipinski definition) is 2. The lowest BCUT2D eigenvalue weighted by Gasteiger charge is -2.09. The van der Waals surface area contributed by atoms with Gasteiger partial charge in [-0.1, -0.05) is 6.92 Å². The first-order valence-corrected chi connectivity index (χ1v) is 6.84. The zero-order chi connectivity index (χ0) is 14.8. The van der Waals surface area contributed by atoms with E-state index >= 15 is 0 Å².